The van der Waals surface area contributed by atoms with Gasteiger partial charge in [0.25, 0.3) is 11.5 Å². The maximum Gasteiger partial charge on any atom is 0.328 e. The Hall–Kier alpha value is -3.68. The topological polar surface area (TPSA) is 95.5 Å². The van der Waals surface area contributed by atoms with Crippen molar-refractivity contribution in [2.45, 2.75) is 26.4 Å². The molecule has 0 aliphatic rings. The van der Waals surface area contributed by atoms with E-state index in [0.717, 1.165) is 5.56 Å². The number of carbonyl (C=O) groups excluding carboxylic acids is 2. The summed E-state index contributed by atoms with van der Waals surface area (Å²) in [5.41, 5.74) is 1.05. The summed E-state index contributed by atoms with van der Waals surface area (Å²) in [6.07, 6.45) is 0.126. The first kappa shape index (κ1) is 22.0. The molecule has 0 atom stereocenters. The van der Waals surface area contributed by atoms with Gasteiger partial charge in [0.1, 0.15) is 0 Å². The number of carbonyl (C=O) groups is 2. The van der Waals surface area contributed by atoms with E-state index in [4.69, 9.17) is 0 Å². The molecule has 8 nitrogen and oxygen atoms in total. The zero-order valence-corrected chi connectivity index (χ0v) is 17.9. The molecule has 0 spiro atoms. The summed E-state index contributed by atoms with van der Waals surface area (Å²) in [5.74, 6) is -0.174. The average molecular weight is 422 g/mol. The number of para-hydroxylation sites is 1. The molecule has 0 aliphatic heterocycles. The zero-order valence-electron chi connectivity index (χ0n) is 17.9. The maximum absolute atomic E-state index is 12.8. The van der Waals surface area contributed by atoms with Crippen molar-refractivity contribution in [3.05, 3.63) is 80.5 Å². The molecule has 2 aromatic carbocycles. The van der Waals surface area contributed by atoms with Crippen molar-refractivity contribution in [3.63, 3.8) is 0 Å². The molecule has 0 bridgehead atoms. The van der Waals surface area contributed by atoms with Crippen molar-refractivity contribution in [3.8, 4) is 0 Å². The maximum atomic E-state index is 12.8. The van der Waals surface area contributed by atoms with E-state index in [1.54, 1.807) is 55.4 Å². The van der Waals surface area contributed by atoms with Crippen LogP contribution in [0.4, 0.5) is 0 Å². The van der Waals surface area contributed by atoms with E-state index < -0.39 is 11.2 Å². The highest BCUT2D eigenvalue weighted by molar-refractivity contribution is 5.93. The number of aryl methyl sites for hydroxylation is 1. The van der Waals surface area contributed by atoms with E-state index in [-0.39, 0.29) is 24.8 Å². The number of H-pyrrole nitrogens is 1. The SMILES string of the molecule is CCN(Cc1ccc(C(=O)N(C)C)cc1)C(=O)CCn1c(=O)[nH]c(=O)c2ccccc21. The summed E-state index contributed by atoms with van der Waals surface area (Å²) in [7, 11) is 3.40. The van der Waals surface area contributed by atoms with E-state index in [2.05, 4.69) is 4.98 Å². The highest BCUT2D eigenvalue weighted by Crippen LogP contribution is 2.11. The molecule has 3 aromatic rings. The fraction of sp³-hybridized carbons (Fsp3) is 0.304. The summed E-state index contributed by atoms with van der Waals surface area (Å²) in [4.78, 5) is 54.6. The van der Waals surface area contributed by atoms with Gasteiger partial charge in [-0.3, -0.25) is 23.9 Å². The van der Waals surface area contributed by atoms with Crippen LogP contribution in [0.1, 0.15) is 29.3 Å². The predicted octanol–water partition coefficient (Wildman–Crippen LogP) is 1.83. The van der Waals surface area contributed by atoms with E-state index >= 15 is 0 Å². The zero-order chi connectivity index (χ0) is 22.5. The van der Waals surface area contributed by atoms with Crippen LogP contribution in [0.15, 0.2) is 58.1 Å². The third-order valence-corrected chi connectivity index (χ3v) is 5.17. The Morgan fingerprint density at radius 3 is 2.32 bits per heavy atom. The van der Waals surface area contributed by atoms with Crippen LogP contribution in [0.2, 0.25) is 0 Å². The molecule has 0 saturated carbocycles. The molecule has 0 saturated heterocycles. The normalized spacial score (nSPS) is 10.8. The van der Waals surface area contributed by atoms with Crippen LogP contribution in [0.5, 0.6) is 0 Å². The molecule has 0 fully saturated rings. The molecular formula is C23H26N4O4. The number of nitrogens with one attached hydrogen (secondary N) is 1. The van der Waals surface area contributed by atoms with Gasteiger partial charge in [0, 0.05) is 45.7 Å². The second-order valence-electron chi connectivity index (χ2n) is 7.48. The van der Waals surface area contributed by atoms with Gasteiger partial charge in [-0.05, 0) is 36.8 Å². The van der Waals surface area contributed by atoms with Gasteiger partial charge in [0.2, 0.25) is 5.91 Å². The highest BCUT2D eigenvalue weighted by atomic mass is 16.2. The van der Waals surface area contributed by atoms with E-state index in [1.807, 2.05) is 19.1 Å². The van der Waals surface area contributed by atoms with Gasteiger partial charge < -0.3 is 9.80 Å². The second-order valence-corrected chi connectivity index (χ2v) is 7.48. The molecule has 2 amide bonds. The van der Waals surface area contributed by atoms with Crippen LogP contribution in [0.3, 0.4) is 0 Å². The molecule has 0 aliphatic carbocycles. The van der Waals surface area contributed by atoms with Gasteiger partial charge in [-0.15, -0.1) is 0 Å². The highest BCUT2D eigenvalue weighted by Gasteiger charge is 2.15. The Morgan fingerprint density at radius 1 is 1.00 bits per heavy atom. The minimum atomic E-state index is -0.527. The van der Waals surface area contributed by atoms with Gasteiger partial charge >= 0.3 is 5.69 Å². The third kappa shape index (κ3) is 4.91. The molecule has 31 heavy (non-hydrogen) atoms. The summed E-state index contributed by atoms with van der Waals surface area (Å²) in [5, 5.41) is 0.411. The van der Waals surface area contributed by atoms with Gasteiger partial charge in [-0.2, -0.15) is 0 Å². The molecular weight excluding hydrogens is 396 g/mol. The molecule has 1 aromatic heterocycles. The Bertz CT molecular complexity index is 1210. The minimum absolute atomic E-state index is 0.0754. The first-order valence-corrected chi connectivity index (χ1v) is 10.1. The Balaban J connectivity index is 1.71. The van der Waals surface area contributed by atoms with Gasteiger partial charge in [0.15, 0.2) is 0 Å². The average Bonchev–Trinajstić information content (AvgIpc) is 2.77. The van der Waals surface area contributed by atoms with Crippen LogP contribution in [0, 0.1) is 0 Å². The number of aromatic amines is 1. The van der Waals surface area contributed by atoms with Gasteiger partial charge in [-0.1, -0.05) is 24.3 Å². The molecule has 0 unspecified atom stereocenters. The monoisotopic (exact) mass is 422 g/mol. The lowest BCUT2D eigenvalue weighted by Gasteiger charge is -2.22. The van der Waals surface area contributed by atoms with Gasteiger partial charge in [0.05, 0.1) is 10.9 Å². The molecule has 1 N–H and O–H groups in total. The smallest absolute Gasteiger partial charge is 0.328 e. The van der Waals surface area contributed by atoms with E-state index in [9.17, 15) is 19.2 Å². The number of hydrogen-bond donors (Lipinski definition) is 1. The molecule has 1 heterocycles. The number of hydrogen-bond acceptors (Lipinski definition) is 4. The lowest BCUT2D eigenvalue weighted by atomic mass is 10.1. The fourth-order valence-electron chi connectivity index (χ4n) is 3.44. The molecule has 3 rings (SSSR count). The minimum Gasteiger partial charge on any atom is -0.345 e. The lowest BCUT2D eigenvalue weighted by Crippen LogP contribution is -2.34. The standard InChI is InChI=1S/C23H26N4O4/c1-4-26(15-16-9-11-17(12-10-16)22(30)25(2)3)20(28)13-14-27-19-8-6-5-7-18(19)21(29)24-23(27)31/h5-12H,4,13-15H2,1-3H3,(H,24,29,31). The van der Waals surface area contributed by atoms with Crippen molar-refractivity contribution >= 4 is 22.7 Å². The summed E-state index contributed by atoms with van der Waals surface area (Å²) < 4.78 is 1.42. The first-order chi connectivity index (χ1) is 14.8. The van der Waals surface area contributed by atoms with E-state index in [0.29, 0.717) is 29.6 Å². The quantitative estimate of drug-likeness (QED) is 0.628. The number of nitrogens with zero attached hydrogens (tertiary/aromatic N) is 3. The third-order valence-electron chi connectivity index (χ3n) is 5.17. The van der Waals surface area contributed by atoms with Crippen LogP contribution < -0.4 is 11.2 Å². The van der Waals surface area contributed by atoms with Crippen molar-refractivity contribution < 1.29 is 9.59 Å². The number of amides is 2. The number of aromatic nitrogens is 2. The van der Waals surface area contributed by atoms with Crippen LogP contribution in [-0.4, -0.2) is 51.8 Å². The fourth-order valence-corrected chi connectivity index (χ4v) is 3.44. The van der Waals surface area contributed by atoms with Crippen molar-refractivity contribution in [2.24, 2.45) is 0 Å². The van der Waals surface area contributed by atoms with Crippen molar-refractivity contribution in [2.75, 3.05) is 20.6 Å². The van der Waals surface area contributed by atoms with Crippen LogP contribution >= 0.6 is 0 Å². The molecule has 0 radical (unpaired) electrons. The number of fused-ring (bicyclic) bond motifs is 1. The predicted molar refractivity (Wildman–Crippen MR) is 119 cm³/mol. The summed E-state index contributed by atoms with van der Waals surface area (Å²) in [6.45, 7) is 2.98. The van der Waals surface area contributed by atoms with Crippen molar-refractivity contribution in [1.82, 2.24) is 19.4 Å². The van der Waals surface area contributed by atoms with Crippen LogP contribution in [-0.2, 0) is 17.9 Å². The summed E-state index contributed by atoms with van der Waals surface area (Å²) >= 11 is 0. The Morgan fingerprint density at radius 2 is 1.68 bits per heavy atom. The number of rotatable bonds is 7. The largest absolute Gasteiger partial charge is 0.345 e. The lowest BCUT2D eigenvalue weighted by molar-refractivity contribution is -0.131. The molecule has 162 valence electrons. The summed E-state index contributed by atoms with van der Waals surface area (Å²) in [6, 6.07) is 14.0. The Kier molecular flexibility index (Phi) is 6.69. The Labute approximate surface area is 179 Å². The molecule has 8 heteroatoms. The van der Waals surface area contributed by atoms with Crippen LogP contribution in [0.25, 0.3) is 10.9 Å². The second kappa shape index (κ2) is 9.42. The van der Waals surface area contributed by atoms with Gasteiger partial charge in [-0.25, -0.2) is 4.79 Å². The van der Waals surface area contributed by atoms with Crippen molar-refractivity contribution in [1.29, 1.82) is 0 Å². The first-order valence-electron chi connectivity index (χ1n) is 10.1. The number of benzene rings is 2. The van der Waals surface area contributed by atoms with E-state index in [1.165, 1.54) is 9.47 Å².